The molecule has 1 unspecified atom stereocenters. The van der Waals surface area contributed by atoms with Crippen LogP contribution >= 0.6 is 11.3 Å². The average molecular weight is 464 g/mol. The fourth-order valence-electron chi connectivity index (χ4n) is 4.44. The van der Waals surface area contributed by atoms with E-state index >= 15 is 0 Å². The number of aromatic nitrogens is 1. The van der Waals surface area contributed by atoms with Crippen molar-refractivity contribution in [2.24, 2.45) is 0 Å². The Kier molecular flexibility index (Phi) is 4.74. The van der Waals surface area contributed by atoms with Crippen LogP contribution in [0.4, 0.5) is 5.13 Å². The number of fused-ring (bicyclic) bond motifs is 3. The minimum Gasteiger partial charge on any atom is -0.492 e. The summed E-state index contributed by atoms with van der Waals surface area (Å²) in [7, 11) is 3.70. The van der Waals surface area contributed by atoms with E-state index in [9.17, 15) is 4.79 Å². The van der Waals surface area contributed by atoms with Gasteiger partial charge in [0.05, 0.1) is 18.4 Å². The van der Waals surface area contributed by atoms with Gasteiger partial charge in [-0.3, -0.25) is 4.90 Å². The number of rotatable bonds is 4. The predicted octanol–water partition coefficient (Wildman–Crippen LogP) is 4.25. The fraction of sp³-hybridized carbons (Fsp3) is 0.250. The van der Waals surface area contributed by atoms with Crippen molar-refractivity contribution < 1.29 is 18.6 Å². The molecule has 8 nitrogen and oxygen atoms in total. The Hall–Kier alpha value is -3.56. The van der Waals surface area contributed by atoms with Gasteiger partial charge >= 0.3 is 5.63 Å². The molecule has 4 aromatic rings. The molecule has 9 heteroatoms. The standard InChI is InChI=1S/C24H21N3O5S/c1-27-8-7-14-10-18-20(31-12-30-18)21(29-2)19(14)22(27)26-24-25-16(11-33-24)15-9-13-5-3-4-6-17(13)32-23(15)28/h3-6,9-11,22H,7-8,12H2,1-2H3,(H,25,26). The van der Waals surface area contributed by atoms with Crippen molar-refractivity contribution in [2.75, 3.05) is 32.8 Å². The number of hydrogen-bond donors (Lipinski definition) is 1. The molecular formula is C24H21N3O5S. The van der Waals surface area contributed by atoms with Crippen LogP contribution in [0.25, 0.3) is 22.2 Å². The van der Waals surface area contributed by atoms with Crippen LogP contribution in [0, 0.1) is 0 Å². The molecule has 2 aromatic carbocycles. The predicted molar refractivity (Wildman–Crippen MR) is 125 cm³/mol. The summed E-state index contributed by atoms with van der Waals surface area (Å²) in [6, 6.07) is 11.3. The van der Waals surface area contributed by atoms with Crippen LogP contribution in [0.15, 0.2) is 51.0 Å². The Balaban J connectivity index is 1.37. The van der Waals surface area contributed by atoms with Crippen LogP contribution in [0.5, 0.6) is 17.2 Å². The molecule has 0 amide bonds. The monoisotopic (exact) mass is 463 g/mol. The maximum absolute atomic E-state index is 12.6. The molecule has 1 atom stereocenters. The zero-order valence-corrected chi connectivity index (χ0v) is 18.9. The number of ether oxygens (including phenoxy) is 3. The molecule has 4 heterocycles. The Morgan fingerprint density at radius 1 is 1.24 bits per heavy atom. The van der Waals surface area contributed by atoms with E-state index in [4.69, 9.17) is 23.6 Å². The van der Waals surface area contributed by atoms with E-state index in [-0.39, 0.29) is 13.0 Å². The molecule has 0 fully saturated rings. The van der Waals surface area contributed by atoms with Gasteiger partial charge in [0, 0.05) is 22.9 Å². The first-order chi connectivity index (χ1) is 16.1. The van der Waals surface area contributed by atoms with Gasteiger partial charge in [-0.15, -0.1) is 11.3 Å². The summed E-state index contributed by atoms with van der Waals surface area (Å²) >= 11 is 1.44. The summed E-state index contributed by atoms with van der Waals surface area (Å²) in [4.78, 5) is 19.5. The molecule has 0 bridgehead atoms. The molecule has 0 aliphatic carbocycles. The largest absolute Gasteiger partial charge is 0.492 e. The number of benzene rings is 2. The van der Waals surface area contributed by atoms with E-state index in [1.54, 1.807) is 13.2 Å². The lowest BCUT2D eigenvalue weighted by Gasteiger charge is -2.36. The van der Waals surface area contributed by atoms with Crippen molar-refractivity contribution in [1.82, 2.24) is 9.88 Å². The lowest BCUT2D eigenvalue weighted by atomic mass is 9.95. The van der Waals surface area contributed by atoms with Crippen molar-refractivity contribution in [2.45, 2.75) is 12.6 Å². The third-order valence-electron chi connectivity index (χ3n) is 6.08. The van der Waals surface area contributed by atoms with Gasteiger partial charge in [0.25, 0.3) is 0 Å². The van der Waals surface area contributed by atoms with Crippen molar-refractivity contribution in [3.05, 3.63) is 63.3 Å². The van der Waals surface area contributed by atoms with Crippen molar-refractivity contribution in [3.63, 3.8) is 0 Å². The number of anilines is 1. The van der Waals surface area contributed by atoms with Gasteiger partial charge in [-0.25, -0.2) is 9.78 Å². The first kappa shape index (κ1) is 20.1. The highest BCUT2D eigenvalue weighted by Crippen LogP contribution is 2.49. The lowest BCUT2D eigenvalue weighted by molar-refractivity contribution is 0.170. The molecule has 1 N–H and O–H groups in total. The third-order valence-corrected chi connectivity index (χ3v) is 6.85. The molecule has 6 rings (SSSR count). The van der Waals surface area contributed by atoms with Crippen molar-refractivity contribution >= 4 is 27.4 Å². The number of likely N-dealkylation sites (N-methyl/N-ethyl adjacent to an activating group) is 1. The molecule has 0 saturated carbocycles. The van der Waals surface area contributed by atoms with Crippen molar-refractivity contribution in [1.29, 1.82) is 0 Å². The number of thiazole rings is 1. The second-order valence-corrected chi connectivity index (χ2v) is 8.88. The number of methoxy groups -OCH3 is 1. The molecule has 0 saturated heterocycles. The fourth-order valence-corrected chi connectivity index (χ4v) is 5.17. The van der Waals surface area contributed by atoms with Crippen LogP contribution in [-0.2, 0) is 6.42 Å². The summed E-state index contributed by atoms with van der Waals surface area (Å²) in [5.74, 6) is 2.02. The van der Waals surface area contributed by atoms with Gasteiger partial charge in [-0.05, 0) is 37.2 Å². The van der Waals surface area contributed by atoms with Gasteiger partial charge < -0.3 is 23.9 Å². The van der Waals surface area contributed by atoms with Gasteiger partial charge in [0.2, 0.25) is 12.5 Å². The van der Waals surface area contributed by atoms with Crippen LogP contribution in [0.3, 0.4) is 0 Å². The van der Waals surface area contributed by atoms with Gasteiger partial charge in [0.15, 0.2) is 16.6 Å². The summed E-state index contributed by atoms with van der Waals surface area (Å²) in [5.41, 5.74) is 3.34. The van der Waals surface area contributed by atoms with Crippen LogP contribution < -0.4 is 25.2 Å². The van der Waals surface area contributed by atoms with Crippen LogP contribution in [0.1, 0.15) is 17.3 Å². The molecule has 2 aromatic heterocycles. The SMILES string of the molecule is COc1c2c(cc3c1C(Nc1nc(-c4cc5ccccc5oc4=O)cs1)N(C)CC3)OCO2. The normalized spacial score (nSPS) is 17.2. The van der Waals surface area contributed by atoms with Crippen LogP contribution in [0.2, 0.25) is 0 Å². The summed E-state index contributed by atoms with van der Waals surface area (Å²) in [6.45, 7) is 1.05. The van der Waals surface area contributed by atoms with Gasteiger partial charge in [-0.2, -0.15) is 0 Å². The molecule has 2 aliphatic heterocycles. The molecule has 168 valence electrons. The minimum absolute atomic E-state index is 0.176. The number of para-hydroxylation sites is 1. The first-order valence-corrected chi connectivity index (χ1v) is 11.5. The molecule has 33 heavy (non-hydrogen) atoms. The second kappa shape index (κ2) is 7.79. The van der Waals surface area contributed by atoms with E-state index in [1.165, 1.54) is 11.3 Å². The molecule has 2 aliphatic rings. The number of hydrogen-bond acceptors (Lipinski definition) is 9. The topological polar surface area (TPSA) is 86.1 Å². The summed E-state index contributed by atoms with van der Waals surface area (Å²) in [5, 5.41) is 6.94. The minimum atomic E-state index is -0.403. The molecular weight excluding hydrogens is 442 g/mol. The zero-order valence-electron chi connectivity index (χ0n) is 18.1. The molecule has 0 spiro atoms. The number of nitrogens with one attached hydrogen (secondary N) is 1. The quantitative estimate of drug-likeness (QED) is 0.450. The maximum Gasteiger partial charge on any atom is 0.345 e. The Labute approximate surface area is 193 Å². The average Bonchev–Trinajstić information content (AvgIpc) is 3.48. The third kappa shape index (κ3) is 3.32. The maximum atomic E-state index is 12.6. The highest BCUT2D eigenvalue weighted by Gasteiger charge is 2.34. The zero-order chi connectivity index (χ0) is 22.5. The first-order valence-electron chi connectivity index (χ1n) is 10.6. The Morgan fingerprint density at radius 3 is 3.00 bits per heavy atom. The number of nitrogens with zero attached hydrogens (tertiary/aromatic N) is 2. The highest BCUT2D eigenvalue weighted by atomic mass is 32.1. The van der Waals surface area contributed by atoms with E-state index in [1.807, 2.05) is 35.7 Å². The van der Waals surface area contributed by atoms with E-state index in [0.29, 0.717) is 39.2 Å². The smallest absolute Gasteiger partial charge is 0.345 e. The van der Waals surface area contributed by atoms with Crippen LogP contribution in [-0.4, -0.2) is 37.4 Å². The second-order valence-electron chi connectivity index (χ2n) is 8.02. The van der Waals surface area contributed by atoms with Gasteiger partial charge in [-0.1, -0.05) is 18.2 Å². The van der Waals surface area contributed by atoms with Gasteiger partial charge in [0.1, 0.15) is 11.7 Å². The molecule has 0 radical (unpaired) electrons. The summed E-state index contributed by atoms with van der Waals surface area (Å²) in [6.07, 6.45) is 0.698. The van der Waals surface area contributed by atoms with E-state index < -0.39 is 5.63 Å². The summed E-state index contributed by atoms with van der Waals surface area (Å²) < 4.78 is 22.5. The lowest BCUT2D eigenvalue weighted by Crippen LogP contribution is -2.37. The van der Waals surface area contributed by atoms with Crippen molar-refractivity contribution in [3.8, 4) is 28.5 Å². The van der Waals surface area contributed by atoms with E-state index in [0.717, 1.165) is 29.5 Å². The Bertz CT molecular complexity index is 1430. The Morgan fingerprint density at radius 2 is 2.12 bits per heavy atom. The highest BCUT2D eigenvalue weighted by molar-refractivity contribution is 7.14. The van der Waals surface area contributed by atoms with E-state index in [2.05, 4.69) is 17.3 Å².